The molecule has 6 heteroatoms. The molecule has 0 radical (unpaired) electrons. The van der Waals surface area contributed by atoms with Gasteiger partial charge in [0.1, 0.15) is 6.07 Å². The van der Waals surface area contributed by atoms with Crippen LogP contribution in [0.3, 0.4) is 0 Å². The van der Waals surface area contributed by atoms with Gasteiger partial charge in [0.25, 0.3) is 0 Å². The third kappa shape index (κ3) is 2.79. The van der Waals surface area contributed by atoms with Crippen molar-refractivity contribution in [3.63, 3.8) is 0 Å². The second kappa shape index (κ2) is 6.06. The highest BCUT2D eigenvalue weighted by atomic mass is 15.3. The molecule has 0 spiro atoms. The van der Waals surface area contributed by atoms with Crippen LogP contribution in [0.2, 0.25) is 0 Å². The number of nitriles is 1. The molecule has 0 aliphatic rings. The fourth-order valence-corrected chi connectivity index (χ4v) is 2.23. The van der Waals surface area contributed by atoms with E-state index in [2.05, 4.69) is 20.4 Å². The third-order valence-electron chi connectivity index (χ3n) is 3.20. The quantitative estimate of drug-likeness (QED) is 0.798. The monoisotopic (exact) mass is 290 g/mol. The summed E-state index contributed by atoms with van der Waals surface area (Å²) in [5, 5.41) is 16.7. The third-order valence-corrected chi connectivity index (χ3v) is 3.20. The molecule has 0 aliphatic carbocycles. The molecule has 2 aromatic heterocycles. The van der Waals surface area contributed by atoms with Gasteiger partial charge >= 0.3 is 0 Å². The number of benzene rings is 1. The van der Waals surface area contributed by atoms with Gasteiger partial charge in [0.15, 0.2) is 11.5 Å². The standard InChI is InChI=1S/C16H14N6/c1-22-11-13(15(21-22)12-5-3-2-4-6-12)10-20-16-14(9-17)18-7-8-19-16/h2-8,11H,10H2,1H3,(H,19,20). The van der Waals surface area contributed by atoms with Crippen LogP contribution >= 0.6 is 0 Å². The van der Waals surface area contributed by atoms with E-state index in [0.717, 1.165) is 16.8 Å². The molecule has 0 amide bonds. The van der Waals surface area contributed by atoms with E-state index in [0.29, 0.717) is 12.4 Å². The largest absolute Gasteiger partial charge is 0.363 e. The van der Waals surface area contributed by atoms with Gasteiger partial charge in [0, 0.05) is 43.3 Å². The van der Waals surface area contributed by atoms with Gasteiger partial charge < -0.3 is 5.32 Å². The molecule has 3 aromatic rings. The number of aryl methyl sites for hydroxylation is 1. The van der Waals surface area contributed by atoms with Crippen molar-refractivity contribution in [3.8, 4) is 17.3 Å². The summed E-state index contributed by atoms with van der Waals surface area (Å²) in [6, 6.07) is 12.0. The van der Waals surface area contributed by atoms with Crippen LogP contribution in [0.5, 0.6) is 0 Å². The van der Waals surface area contributed by atoms with Crippen molar-refractivity contribution in [1.82, 2.24) is 19.7 Å². The van der Waals surface area contributed by atoms with Crippen LogP contribution in [0.1, 0.15) is 11.3 Å². The Hall–Kier alpha value is -3.20. The summed E-state index contributed by atoms with van der Waals surface area (Å²) in [6.45, 7) is 0.519. The van der Waals surface area contributed by atoms with Crippen LogP contribution in [0.25, 0.3) is 11.3 Å². The van der Waals surface area contributed by atoms with Crippen molar-refractivity contribution < 1.29 is 0 Å². The lowest BCUT2D eigenvalue weighted by molar-refractivity contribution is 0.770. The first-order valence-corrected chi connectivity index (χ1v) is 6.81. The van der Waals surface area contributed by atoms with Crippen molar-refractivity contribution in [3.05, 3.63) is 60.2 Å². The molecule has 22 heavy (non-hydrogen) atoms. The fraction of sp³-hybridized carbons (Fsp3) is 0.125. The summed E-state index contributed by atoms with van der Waals surface area (Å²) in [5.41, 5.74) is 3.29. The molecule has 0 bridgehead atoms. The normalized spacial score (nSPS) is 10.2. The van der Waals surface area contributed by atoms with Crippen LogP contribution < -0.4 is 5.32 Å². The average molecular weight is 290 g/mol. The van der Waals surface area contributed by atoms with Crippen molar-refractivity contribution in [1.29, 1.82) is 5.26 Å². The van der Waals surface area contributed by atoms with Crippen LogP contribution in [-0.2, 0) is 13.6 Å². The molecule has 0 saturated heterocycles. The summed E-state index contributed by atoms with van der Waals surface area (Å²) in [7, 11) is 1.89. The average Bonchev–Trinajstić information content (AvgIpc) is 2.95. The van der Waals surface area contributed by atoms with Crippen molar-refractivity contribution >= 4 is 5.82 Å². The summed E-state index contributed by atoms with van der Waals surface area (Å²) < 4.78 is 1.78. The first-order valence-electron chi connectivity index (χ1n) is 6.81. The second-order valence-electron chi connectivity index (χ2n) is 4.76. The molecular formula is C16H14N6. The number of aromatic nitrogens is 4. The Morgan fingerprint density at radius 1 is 1.18 bits per heavy atom. The molecule has 108 valence electrons. The summed E-state index contributed by atoms with van der Waals surface area (Å²) in [6.07, 6.45) is 5.02. The van der Waals surface area contributed by atoms with Gasteiger partial charge in [-0.3, -0.25) is 4.68 Å². The van der Waals surface area contributed by atoms with Crippen molar-refractivity contribution in [2.45, 2.75) is 6.54 Å². The lowest BCUT2D eigenvalue weighted by Crippen LogP contribution is -2.04. The van der Waals surface area contributed by atoms with Gasteiger partial charge in [0.2, 0.25) is 0 Å². The predicted molar refractivity (Wildman–Crippen MR) is 82.7 cm³/mol. The molecule has 0 aliphatic heterocycles. The maximum Gasteiger partial charge on any atom is 0.182 e. The van der Waals surface area contributed by atoms with Gasteiger partial charge in [-0.25, -0.2) is 9.97 Å². The maximum absolute atomic E-state index is 9.04. The van der Waals surface area contributed by atoms with E-state index in [1.807, 2.05) is 49.6 Å². The Balaban J connectivity index is 1.86. The first-order chi connectivity index (χ1) is 10.8. The Bertz CT molecular complexity index is 816. The topological polar surface area (TPSA) is 79.4 Å². The second-order valence-corrected chi connectivity index (χ2v) is 4.76. The lowest BCUT2D eigenvalue weighted by atomic mass is 10.1. The van der Waals surface area contributed by atoms with E-state index < -0.39 is 0 Å². The van der Waals surface area contributed by atoms with E-state index in [4.69, 9.17) is 5.26 Å². The number of hydrogen-bond donors (Lipinski definition) is 1. The zero-order valence-electron chi connectivity index (χ0n) is 12.1. The van der Waals surface area contributed by atoms with Gasteiger partial charge in [-0.2, -0.15) is 10.4 Å². The molecule has 1 aromatic carbocycles. The van der Waals surface area contributed by atoms with Crippen LogP contribution in [0, 0.1) is 11.3 Å². The highest BCUT2D eigenvalue weighted by molar-refractivity contribution is 5.63. The van der Waals surface area contributed by atoms with E-state index in [1.54, 1.807) is 10.9 Å². The minimum Gasteiger partial charge on any atom is -0.363 e. The predicted octanol–water partition coefficient (Wildman–Crippen LogP) is 2.36. The summed E-state index contributed by atoms with van der Waals surface area (Å²) in [4.78, 5) is 8.14. The molecule has 6 nitrogen and oxygen atoms in total. The summed E-state index contributed by atoms with van der Waals surface area (Å²) >= 11 is 0. The fourth-order valence-electron chi connectivity index (χ4n) is 2.23. The molecule has 0 fully saturated rings. The molecule has 1 N–H and O–H groups in total. The molecule has 3 rings (SSSR count). The lowest BCUT2D eigenvalue weighted by Gasteiger charge is -2.06. The molecular weight excluding hydrogens is 276 g/mol. The SMILES string of the molecule is Cn1cc(CNc2nccnc2C#N)c(-c2ccccc2)n1. The number of nitrogens with zero attached hydrogens (tertiary/aromatic N) is 5. The zero-order valence-corrected chi connectivity index (χ0v) is 12.1. The zero-order chi connectivity index (χ0) is 15.4. The maximum atomic E-state index is 9.04. The molecule has 0 saturated carbocycles. The smallest absolute Gasteiger partial charge is 0.182 e. The molecule has 0 atom stereocenters. The van der Waals surface area contributed by atoms with Gasteiger partial charge in [-0.15, -0.1) is 0 Å². The number of hydrogen-bond acceptors (Lipinski definition) is 5. The highest BCUT2D eigenvalue weighted by Gasteiger charge is 2.11. The van der Waals surface area contributed by atoms with E-state index in [1.165, 1.54) is 6.20 Å². The first kappa shape index (κ1) is 13.8. The Kier molecular flexibility index (Phi) is 3.79. The van der Waals surface area contributed by atoms with Gasteiger partial charge in [-0.05, 0) is 0 Å². The van der Waals surface area contributed by atoms with Crippen LogP contribution in [0.15, 0.2) is 48.9 Å². The van der Waals surface area contributed by atoms with Crippen molar-refractivity contribution in [2.24, 2.45) is 7.05 Å². The molecule has 2 heterocycles. The molecule has 0 unspecified atom stereocenters. The number of nitrogens with one attached hydrogen (secondary N) is 1. The highest BCUT2D eigenvalue weighted by Crippen LogP contribution is 2.22. The number of rotatable bonds is 4. The Morgan fingerprint density at radius 3 is 2.73 bits per heavy atom. The van der Waals surface area contributed by atoms with E-state index in [-0.39, 0.29) is 5.69 Å². The van der Waals surface area contributed by atoms with Gasteiger partial charge in [0.05, 0.1) is 5.69 Å². The Morgan fingerprint density at radius 2 is 1.95 bits per heavy atom. The van der Waals surface area contributed by atoms with E-state index >= 15 is 0 Å². The van der Waals surface area contributed by atoms with Crippen LogP contribution in [0.4, 0.5) is 5.82 Å². The number of anilines is 1. The summed E-state index contributed by atoms with van der Waals surface area (Å²) in [5.74, 6) is 0.480. The van der Waals surface area contributed by atoms with E-state index in [9.17, 15) is 0 Å². The Labute approximate surface area is 128 Å². The van der Waals surface area contributed by atoms with Crippen LogP contribution in [-0.4, -0.2) is 19.7 Å². The van der Waals surface area contributed by atoms with Gasteiger partial charge in [-0.1, -0.05) is 30.3 Å². The minimum absolute atomic E-state index is 0.285. The van der Waals surface area contributed by atoms with Crippen molar-refractivity contribution in [2.75, 3.05) is 5.32 Å². The minimum atomic E-state index is 0.285.